The van der Waals surface area contributed by atoms with Crippen LogP contribution in [0.25, 0.3) is 0 Å². The first-order valence-electron chi connectivity index (χ1n) is 7.90. The zero-order valence-electron chi connectivity index (χ0n) is 13.9. The van der Waals surface area contributed by atoms with E-state index in [4.69, 9.17) is 5.73 Å². The van der Waals surface area contributed by atoms with Crippen LogP contribution in [0, 0.1) is 0 Å². The van der Waals surface area contributed by atoms with E-state index < -0.39 is 0 Å². The van der Waals surface area contributed by atoms with Gasteiger partial charge >= 0.3 is 0 Å². The van der Waals surface area contributed by atoms with E-state index in [-0.39, 0.29) is 11.5 Å². The first-order chi connectivity index (χ1) is 9.90. The van der Waals surface area contributed by atoms with E-state index in [0.717, 1.165) is 26.2 Å². The largest absolute Gasteiger partial charge is 0.329 e. The summed E-state index contributed by atoms with van der Waals surface area (Å²) in [6.07, 6.45) is 0. The van der Waals surface area contributed by atoms with Crippen molar-refractivity contribution >= 4 is 0 Å². The fourth-order valence-electron chi connectivity index (χ4n) is 2.63. The smallest absolute Gasteiger partial charge is 0.0587 e. The molecule has 1 fully saturated rings. The summed E-state index contributed by atoms with van der Waals surface area (Å²) >= 11 is 0. The first-order valence-corrected chi connectivity index (χ1v) is 7.90. The number of benzene rings is 1. The molecule has 1 aliphatic rings. The third-order valence-electron chi connectivity index (χ3n) is 4.26. The van der Waals surface area contributed by atoms with Crippen molar-refractivity contribution in [3.63, 3.8) is 0 Å². The summed E-state index contributed by atoms with van der Waals surface area (Å²) < 4.78 is 0. The van der Waals surface area contributed by atoms with Gasteiger partial charge in [-0.1, -0.05) is 45.0 Å². The van der Waals surface area contributed by atoms with Gasteiger partial charge in [-0.3, -0.25) is 0 Å². The van der Waals surface area contributed by atoms with Crippen LogP contribution in [0.2, 0.25) is 0 Å². The Labute approximate surface area is 129 Å². The van der Waals surface area contributed by atoms with Crippen molar-refractivity contribution in [1.29, 1.82) is 0 Å². The molecule has 0 amide bonds. The summed E-state index contributed by atoms with van der Waals surface area (Å²) in [7, 11) is 2.17. The summed E-state index contributed by atoms with van der Waals surface area (Å²) in [5.41, 5.74) is 12.4. The average molecular weight is 290 g/mol. The molecule has 0 saturated carbocycles. The SMILES string of the molecule is CN1CCN(NC(CN)c2ccc(C(C)(C)C)cc2)CC1. The van der Waals surface area contributed by atoms with Crippen molar-refractivity contribution in [2.45, 2.75) is 32.2 Å². The van der Waals surface area contributed by atoms with E-state index in [0.29, 0.717) is 6.54 Å². The van der Waals surface area contributed by atoms with Crippen LogP contribution in [0.15, 0.2) is 24.3 Å². The second-order valence-electron chi connectivity index (χ2n) is 7.08. The fraction of sp³-hybridized carbons (Fsp3) is 0.647. The predicted octanol–water partition coefficient (Wildman–Crippen LogP) is 1.74. The molecule has 21 heavy (non-hydrogen) atoms. The number of likely N-dealkylation sites (N-methyl/N-ethyl adjacent to an activating group) is 1. The molecule has 1 heterocycles. The van der Waals surface area contributed by atoms with Gasteiger partial charge in [0.2, 0.25) is 0 Å². The maximum Gasteiger partial charge on any atom is 0.0587 e. The van der Waals surface area contributed by atoms with E-state index in [2.05, 4.69) is 67.4 Å². The molecule has 0 spiro atoms. The highest BCUT2D eigenvalue weighted by Crippen LogP contribution is 2.24. The average Bonchev–Trinajstić information content (AvgIpc) is 2.46. The number of rotatable bonds is 4. The van der Waals surface area contributed by atoms with Gasteiger partial charge in [0.05, 0.1) is 6.04 Å². The van der Waals surface area contributed by atoms with Crippen LogP contribution in [0.3, 0.4) is 0 Å². The maximum absolute atomic E-state index is 5.97. The van der Waals surface area contributed by atoms with Crippen LogP contribution >= 0.6 is 0 Å². The normalized spacial score (nSPS) is 19.7. The zero-order valence-corrected chi connectivity index (χ0v) is 13.9. The topological polar surface area (TPSA) is 44.5 Å². The molecule has 4 nitrogen and oxygen atoms in total. The third-order valence-corrected chi connectivity index (χ3v) is 4.26. The molecule has 0 aliphatic carbocycles. The molecule has 0 aromatic heterocycles. The molecule has 2 rings (SSSR count). The lowest BCUT2D eigenvalue weighted by molar-refractivity contribution is 0.0880. The second kappa shape index (κ2) is 6.88. The summed E-state index contributed by atoms with van der Waals surface area (Å²) in [5.74, 6) is 0. The minimum Gasteiger partial charge on any atom is -0.329 e. The van der Waals surface area contributed by atoms with Gasteiger partial charge in [0.25, 0.3) is 0 Å². The number of hydrogen-bond donors (Lipinski definition) is 2. The third kappa shape index (κ3) is 4.51. The molecule has 1 aliphatic heterocycles. The number of hydrogen-bond acceptors (Lipinski definition) is 4. The van der Waals surface area contributed by atoms with Gasteiger partial charge in [0, 0.05) is 32.7 Å². The van der Waals surface area contributed by atoms with Gasteiger partial charge in [-0.2, -0.15) is 0 Å². The number of piperazine rings is 1. The molecule has 3 N–H and O–H groups in total. The Kier molecular flexibility index (Phi) is 5.38. The predicted molar refractivity (Wildman–Crippen MR) is 89.1 cm³/mol. The minimum atomic E-state index is 0.196. The molecular formula is C17H30N4. The number of nitrogens with two attached hydrogens (primary N) is 1. The van der Waals surface area contributed by atoms with Crippen molar-refractivity contribution in [3.8, 4) is 0 Å². The van der Waals surface area contributed by atoms with E-state index in [1.165, 1.54) is 11.1 Å². The van der Waals surface area contributed by atoms with Crippen LogP contribution in [0.1, 0.15) is 37.9 Å². The lowest BCUT2D eigenvalue weighted by atomic mass is 9.86. The Balaban J connectivity index is 2.00. The van der Waals surface area contributed by atoms with E-state index >= 15 is 0 Å². The van der Waals surface area contributed by atoms with Crippen LogP contribution in [0.5, 0.6) is 0 Å². The van der Waals surface area contributed by atoms with Crippen molar-refractivity contribution in [2.24, 2.45) is 5.73 Å². The highest BCUT2D eigenvalue weighted by molar-refractivity contribution is 5.29. The van der Waals surface area contributed by atoms with Crippen LogP contribution in [-0.4, -0.2) is 49.7 Å². The van der Waals surface area contributed by atoms with Gasteiger partial charge < -0.3 is 10.6 Å². The molecule has 118 valence electrons. The Morgan fingerprint density at radius 1 is 1.10 bits per heavy atom. The first kappa shape index (κ1) is 16.4. The molecule has 4 heteroatoms. The highest BCUT2D eigenvalue weighted by Gasteiger charge is 2.19. The Morgan fingerprint density at radius 2 is 1.67 bits per heavy atom. The van der Waals surface area contributed by atoms with Crippen molar-refractivity contribution in [3.05, 3.63) is 35.4 Å². The Hall–Kier alpha value is -0.940. The minimum absolute atomic E-state index is 0.196. The fourth-order valence-corrected chi connectivity index (χ4v) is 2.63. The molecule has 0 bridgehead atoms. The van der Waals surface area contributed by atoms with Crippen molar-refractivity contribution in [1.82, 2.24) is 15.3 Å². The maximum atomic E-state index is 5.97. The van der Waals surface area contributed by atoms with E-state index in [9.17, 15) is 0 Å². The summed E-state index contributed by atoms with van der Waals surface area (Å²) in [6, 6.07) is 9.07. The molecule has 1 aromatic rings. The van der Waals surface area contributed by atoms with Crippen LogP contribution in [-0.2, 0) is 5.41 Å². The Morgan fingerprint density at radius 3 is 2.14 bits per heavy atom. The van der Waals surface area contributed by atoms with E-state index in [1.54, 1.807) is 0 Å². The van der Waals surface area contributed by atoms with Crippen molar-refractivity contribution in [2.75, 3.05) is 39.8 Å². The zero-order chi connectivity index (χ0) is 15.5. The summed E-state index contributed by atoms with van der Waals surface area (Å²) in [4.78, 5) is 2.35. The van der Waals surface area contributed by atoms with Gasteiger partial charge in [-0.15, -0.1) is 0 Å². The Bertz CT molecular complexity index is 427. The lowest BCUT2D eigenvalue weighted by Crippen LogP contribution is -2.52. The lowest BCUT2D eigenvalue weighted by Gasteiger charge is -2.35. The monoisotopic (exact) mass is 290 g/mol. The van der Waals surface area contributed by atoms with Gasteiger partial charge in [-0.05, 0) is 23.6 Å². The van der Waals surface area contributed by atoms with Crippen LogP contribution in [0.4, 0.5) is 0 Å². The standard InChI is InChI=1S/C17H30N4/c1-17(2,3)15-7-5-14(6-8-15)16(13-18)19-21-11-9-20(4)10-12-21/h5-8,16,19H,9-13,18H2,1-4H3. The summed E-state index contributed by atoms with van der Waals surface area (Å²) in [6.45, 7) is 11.6. The van der Waals surface area contributed by atoms with Gasteiger partial charge in [0.15, 0.2) is 0 Å². The second-order valence-corrected chi connectivity index (χ2v) is 7.08. The number of nitrogens with zero attached hydrogens (tertiary/aromatic N) is 2. The summed E-state index contributed by atoms with van der Waals surface area (Å²) in [5, 5.41) is 2.30. The van der Waals surface area contributed by atoms with E-state index in [1.807, 2.05) is 0 Å². The molecule has 1 saturated heterocycles. The molecule has 0 radical (unpaired) electrons. The number of hydrazine groups is 1. The van der Waals surface area contributed by atoms with Crippen molar-refractivity contribution < 1.29 is 0 Å². The quantitative estimate of drug-likeness (QED) is 0.886. The number of nitrogens with one attached hydrogen (secondary N) is 1. The molecule has 1 aromatic carbocycles. The van der Waals surface area contributed by atoms with Gasteiger partial charge in [-0.25, -0.2) is 10.4 Å². The molecular weight excluding hydrogens is 260 g/mol. The van der Waals surface area contributed by atoms with Crippen LogP contribution < -0.4 is 11.2 Å². The van der Waals surface area contributed by atoms with Gasteiger partial charge in [0.1, 0.15) is 0 Å². The molecule has 1 unspecified atom stereocenters. The highest BCUT2D eigenvalue weighted by atomic mass is 15.5. The molecule has 1 atom stereocenters.